The highest BCUT2D eigenvalue weighted by Crippen LogP contribution is 2.27. The number of nitrogens with one attached hydrogen (secondary N) is 1. The summed E-state index contributed by atoms with van der Waals surface area (Å²) in [5.41, 5.74) is 0.889. The molecule has 0 spiro atoms. The van der Waals surface area contributed by atoms with Crippen molar-refractivity contribution in [1.29, 1.82) is 0 Å². The van der Waals surface area contributed by atoms with Gasteiger partial charge in [0.25, 0.3) is 0 Å². The van der Waals surface area contributed by atoms with Gasteiger partial charge in [-0.05, 0) is 31.2 Å². The molecule has 1 aromatic rings. The van der Waals surface area contributed by atoms with Crippen LogP contribution >= 0.6 is 11.8 Å². The van der Waals surface area contributed by atoms with Gasteiger partial charge in [0, 0.05) is 17.5 Å². The van der Waals surface area contributed by atoms with Crippen molar-refractivity contribution in [2.45, 2.75) is 43.0 Å². The lowest BCUT2D eigenvalue weighted by Gasteiger charge is -2.33. The quantitative estimate of drug-likeness (QED) is 0.628. The average Bonchev–Trinajstić information content (AvgIpc) is 2.53. The fourth-order valence-electron chi connectivity index (χ4n) is 2.86. The molecule has 0 radical (unpaired) electrons. The summed E-state index contributed by atoms with van der Waals surface area (Å²) in [5.74, 6) is 0. The fourth-order valence-corrected chi connectivity index (χ4v) is 3.42. The van der Waals surface area contributed by atoms with E-state index in [2.05, 4.69) is 11.9 Å². The lowest BCUT2D eigenvalue weighted by molar-refractivity contribution is 0.176. The molecular weight excluding hydrogens is 280 g/mol. The van der Waals surface area contributed by atoms with Crippen LogP contribution in [0.3, 0.4) is 0 Å². The molecule has 114 valence electrons. The topological polar surface area (TPSA) is 32.3 Å². The third-order valence-electron chi connectivity index (χ3n) is 3.95. The Hall–Kier alpha value is -1.42. The SMILES string of the molecule is C=CCN(C(=O)Nc1ccccc1SC)C1CCCCC1. The number of thioether (sulfide) groups is 1. The minimum absolute atomic E-state index is 0.0108. The number of urea groups is 1. The number of carbonyl (C=O) groups excluding carboxylic acids is 1. The van der Waals surface area contributed by atoms with Crippen molar-refractivity contribution in [3.05, 3.63) is 36.9 Å². The summed E-state index contributed by atoms with van der Waals surface area (Å²) in [5, 5.41) is 3.06. The molecule has 21 heavy (non-hydrogen) atoms. The maximum Gasteiger partial charge on any atom is 0.322 e. The zero-order valence-electron chi connectivity index (χ0n) is 12.7. The van der Waals surface area contributed by atoms with Gasteiger partial charge in [-0.1, -0.05) is 37.5 Å². The molecule has 1 aromatic carbocycles. The Morgan fingerprint density at radius 2 is 2.10 bits per heavy atom. The molecule has 0 atom stereocenters. The van der Waals surface area contributed by atoms with Crippen LogP contribution in [-0.2, 0) is 0 Å². The van der Waals surface area contributed by atoms with E-state index in [0.717, 1.165) is 23.4 Å². The first-order valence-electron chi connectivity index (χ1n) is 7.57. The molecule has 3 nitrogen and oxygen atoms in total. The second kappa shape index (κ2) is 8.13. The molecule has 0 unspecified atom stereocenters. The Kier molecular flexibility index (Phi) is 6.18. The smallest absolute Gasteiger partial charge is 0.318 e. The van der Waals surface area contributed by atoms with Crippen LogP contribution in [0.1, 0.15) is 32.1 Å². The van der Waals surface area contributed by atoms with Crippen molar-refractivity contribution < 1.29 is 4.79 Å². The molecule has 2 amide bonds. The molecule has 0 aliphatic heterocycles. The zero-order valence-corrected chi connectivity index (χ0v) is 13.5. The Labute approximate surface area is 131 Å². The molecule has 1 aliphatic rings. The average molecular weight is 304 g/mol. The van der Waals surface area contributed by atoms with Gasteiger partial charge in [-0.25, -0.2) is 4.79 Å². The molecule has 4 heteroatoms. The van der Waals surface area contributed by atoms with Gasteiger partial charge in [0.2, 0.25) is 0 Å². The second-order valence-corrected chi connectivity index (χ2v) is 6.21. The normalized spacial score (nSPS) is 15.5. The van der Waals surface area contributed by atoms with Gasteiger partial charge in [0.1, 0.15) is 0 Å². The summed E-state index contributed by atoms with van der Waals surface area (Å²) < 4.78 is 0. The van der Waals surface area contributed by atoms with Gasteiger partial charge in [-0.15, -0.1) is 18.3 Å². The third-order valence-corrected chi connectivity index (χ3v) is 4.75. The van der Waals surface area contributed by atoms with E-state index in [1.807, 2.05) is 41.5 Å². The van der Waals surface area contributed by atoms with Crippen LogP contribution in [0.2, 0.25) is 0 Å². The van der Waals surface area contributed by atoms with E-state index >= 15 is 0 Å². The van der Waals surface area contributed by atoms with Gasteiger partial charge in [-0.3, -0.25) is 0 Å². The lowest BCUT2D eigenvalue weighted by atomic mass is 9.94. The van der Waals surface area contributed by atoms with Crippen molar-refractivity contribution in [1.82, 2.24) is 4.90 Å². The second-order valence-electron chi connectivity index (χ2n) is 5.36. The van der Waals surface area contributed by atoms with Crippen molar-refractivity contribution in [3.8, 4) is 0 Å². The van der Waals surface area contributed by atoms with Crippen molar-refractivity contribution in [2.75, 3.05) is 18.1 Å². The Balaban J connectivity index is 2.08. The Morgan fingerprint density at radius 3 is 2.76 bits per heavy atom. The lowest BCUT2D eigenvalue weighted by Crippen LogP contribution is -2.44. The fraction of sp³-hybridized carbons (Fsp3) is 0.471. The van der Waals surface area contributed by atoms with Crippen LogP contribution < -0.4 is 5.32 Å². The van der Waals surface area contributed by atoms with Crippen LogP contribution in [-0.4, -0.2) is 29.8 Å². The highest BCUT2D eigenvalue weighted by Gasteiger charge is 2.24. The van der Waals surface area contributed by atoms with Crippen LogP contribution in [0.25, 0.3) is 0 Å². The van der Waals surface area contributed by atoms with Crippen molar-refractivity contribution in [3.63, 3.8) is 0 Å². The van der Waals surface area contributed by atoms with Crippen LogP contribution in [0.15, 0.2) is 41.8 Å². The summed E-state index contributed by atoms with van der Waals surface area (Å²) in [6.45, 7) is 4.40. The standard InChI is InChI=1S/C17H24N2OS/c1-3-13-19(14-9-5-4-6-10-14)17(20)18-15-11-7-8-12-16(15)21-2/h3,7-8,11-12,14H,1,4-6,9-10,13H2,2H3,(H,18,20). The highest BCUT2D eigenvalue weighted by molar-refractivity contribution is 7.98. The molecule has 0 saturated heterocycles. The molecule has 1 fully saturated rings. The van der Waals surface area contributed by atoms with E-state index in [4.69, 9.17) is 0 Å². The largest absolute Gasteiger partial charge is 0.322 e. The van der Waals surface area contributed by atoms with Crippen molar-refractivity contribution >= 4 is 23.5 Å². The number of anilines is 1. The summed E-state index contributed by atoms with van der Waals surface area (Å²) in [6, 6.07) is 8.26. The number of benzene rings is 1. The van der Waals surface area contributed by atoms with Crippen LogP contribution in [0.5, 0.6) is 0 Å². The Morgan fingerprint density at radius 1 is 1.38 bits per heavy atom. The number of amides is 2. The van der Waals surface area contributed by atoms with Gasteiger partial charge >= 0.3 is 6.03 Å². The van der Waals surface area contributed by atoms with E-state index in [0.29, 0.717) is 12.6 Å². The van der Waals surface area contributed by atoms with Gasteiger partial charge in [0.15, 0.2) is 0 Å². The number of para-hydroxylation sites is 1. The molecule has 2 rings (SSSR count). The van der Waals surface area contributed by atoms with Gasteiger partial charge < -0.3 is 10.2 Å². The Bertz CT molecular complexity index is 483. The van der Waals surface area contributed by atoms with E-state index in [9.17, 15) is 4.79 Å². The number of rotatable bonds is 5. The summed E-state index contributed by atoms with van der Waals surface area (Å²) >= 11 is 1.64. The minimum atomic E-state index is -0.0108. The van der Waals surface area contributed by atoms with E-state index in [1.165, 1.54) is 19.3 Å². The number of hydrogen-bond acceptors (Lipinski definition) is 2. The van der Waals surface area contributed by atoms with E-state index < -0.39 is 0 Å². The monoisotopic (exact) mass is 304 g/mol. The van der Waals surface area contributed by atoms with Gasteiger partial charge in [0.05, 0.1) is 5.69 Å². The molecule has 1 aliphatic carbocycles. The first-order chi connectivity index (χ1) is 10.3. The molecule has 0 heterocycles. The predicted molar refractivity (Wildman–Crippen MR) is 91.0 cm³/mol. The third kappa shape index (κ3) is 4.27. The summed E-state index contributed by atoms with van der Waals surface area (Å²) in [7, 11) is 0. The van der Waals surface area contributed by atoms with E-state index in [-0.39, 0.29) is 6.03 Å². The number of carbonyl (C=O) groups is 1. The molecule has 1 saturated carbocycles. The highest BCUT2D eigenvalue weighted by atomic mass is 32.2. The molecule has 0 aromatic heterocycles. The van der Waals surface area contributed by atoms with Gasteiger partial charge in [-0.2, -0.15) is 0 Å². The van der Waals surface area contributed by atoms with Crippen molar-refractivity contribution in [2.24, 2.45) is 0 Å². The van der Waals surface area contributed by atoms with Crippen LogP contribution in [0.4, 0.5) is 10.5 Å². The van der Waals surface area contributed by atoms with Crippen LogP contribution in [0, 0.1) is 0 Å². The zero-order chi connectivity index (χ0) is 15.1. The molecule has 0 bridgehead atoms. The number of nitrogens with zero attached hydrogens (tertiary/aromatic N) is 1. The first kappa shape index (κ1) is 16.0. The molecular formula is C17H24N2OS. The predicted octanol–water partition coefficient (Wildman–Crippen LogP) is 4.76. The maximum atomic E-state index is 12.6. The minimum Gasteiger partial charge on any atom is -0.318 e. The number of hydrogen-bond donors (Lipinski definition) is 1. The molecule has 1 N–H and O–H groups in total. The summed E-state index contributed by atoms with van der Waals surface area (Å²) in [4.78, 5) is 15.7. The first-order valence-corrected chi connectivity index (χ1v) is 8.80. The summed E-state index contributed by atoms with van der Waals surface area (Å²) in [6.07, 6.45) is 9.76. The maximum absolute atomic E-state index is 12.6. The van der Waals surface area contributed by atoms with E-state index in [1.54, 1.807) is 11.8 Å².